The fourth-order valence-corrected chi connectivity index (χ4v) is 1.68. The third-order valence-electron chi connectivity index (χ3n) is 2.52. The standard InChI is InChI=1S/C13H9ClFNO4/c14-10-3-2-9(16(18)19)6-13(10)20-12-4-1-8(7-17)5-11(12)15/h1-6,17H,7H2. The van der Waals surface area contributed by atoms with E-state index in [9.17, 15) is 14.5 Å². The van der Waals surface area contributed by atoms with Gasteiger partial charge in [-0.3, -0.25) is 10.1 Å². The molecule has 0 bridgehead atoms. The van der Waals surface area contributed by atoms with Gasteiger partial charge in [-0.15, -0.1) is 0 Å². The van der Waals surface area contributed by atoms with E-state index in [0.717, 1.165) is 12.1 Å². The van der Waals surface area contributed by atoms with Crippen LogP contribution in [0.2, 0.25) is 5.02 Å². The van der Waals surface area contributed by atoms with E-state index in [1.165, 1.54) is 24.3 Å². The summed E-state index contributed by atoms with van der Waals surface area (Å²) in [6.07, 6.45) is 0. The molecule has 0 radical (unpaired) electrons. The van der Waals surface area contributed by atoms with Gasteiger partial charge in [0.15, 0.2) is 17.3 Å². The Morgan fingerprint density at radius 3 is 2.60 bits per heavy atom. The molecule has 0 aliphatic carbocycles. The van der Waals surface area contributed by atoms with Gasteiger partial charge in [0.2, 0.25) is 0 Å². The van der Waals surface area contributed by atoms with Crippen LogP contribution in [0.4, 0.5) is 10.1 Å². The highest BCUT2D eigenvalue weighted by Gasteiger charge is 2.13. The van der Waals surface area contributed by atoms with E-state index in [4.69, 9.17) is 21.4 Å². The molecule has 0 amide bonds. The van der Waals surface area contributed by atoms with Crippen molar-refractivity contribution in [1.82, 2.24) is 0 Å². The summed E-state index contributed by atoms with van der Waals surface area (Å²) in [6, 6.07) is 7.54. The summed E-state index contributed by atoms with van der Waals surface area (Å²) in [5.74, 6) is -0.847. The summed E-state index contributed by atoms with van der Waals surface area (Å²) in [4.78, 5) is 10.1. The van der Waals surface area contributed by atoms with E-state index < -0.39 is 10.7 Å². The molecule has 104 valence electrons. The molecule has 1 N–H and O–H groups in total. The van der Waals surface area contributed by atoms with Gasteiger partial charge in [-0.2, -0.15) is 0 Å². The second-order valence-corrected chi connectivity index (χ2v) is 4.30. The van der Waals surface area contributed by atoms with Gasteiger partial charge in [0, 0.05) is 6.07 Å². The number of nitrogens with zero attached hydrogens (tertiary/aromatic N) is 1. The first kappa shape index (κ1) is 14.2. The molecule has 5 nitrogen and oxygen atoms in total. The topological polar surface area (TPSA) is 72.6 Å². The average molecular weight is 298 g/mol. The first-order valence-corrected chi connectivity index (χ1v) is 5.90. The molecule has 0 aromatic heterocycles. The molecule has 0 fully saturated rings. The summed E-state index contributed by atoms with van der Waals surface area (Å²) in [7, 11) is 0. The highest BCUT2D eigenvalue weighted by molar-refractivity contribution is 6.32. The minimum atomic E-state index is -0.695. The average Bonchev–Trinajstić information content (AvgIpc) is 2.42. The molecular formula is C13H9ClFNO4. The maximum absolute atomic E-state index is 13.7. The predicted molar refractivity (Wildman–Crippen MR) is 70.5 cm³/mol. The van der Waals surface area contributed by atoms with E-state index in [1.54, 1.807) is 0 Å². The monoisotopic (exact) mass is 297 g/mol. The van der Waals surface area contributed by atoms with E-state index in [1.807, 2.05) is 0 Å². The fraction of sp³-hybridized carbons (Fsp3) is 0.0769. The SMILES string of the molecule is O=[N+]([O-])c1ccc(Cl)c(Oc2ccc(CO)cc2F)c1. The van der Waals surface area contributed by atoms with Crippen LogP contribution < -0.4 is 4.74 Å². The predicted octanol–water partition coefficient (Wildman–Crippen LogP) is 3.67. The lowest BCUT2D eigenvalue weighted by Gasteiger charge is -2.09. The minimum Gasteiger partial charge on any atom is -0.452 e. The molecule has 0 saturated heterocycles. The van der Waals surface area contributed by atoms with Gasteiger partial charge in [0.25, 0.3) is 5.69 Å². The van der Waals surface area contributed by atoms with E-state index in [0.29, 0.717) is 5.56 Å². The Kier molecular flexibility index (Phi) is 4.16. The lowest BCUT2D eigenvalue weighted by atomic mass is 10.2. The quantitative estimate of drug-likeness (QED) is 0.690. The van der Waals surface area contributed by atoms with E-state index in [2.05, 4.69) is 0 Å². The van der Waals surface area contributed by atoms with Gasteiger partial charge in [0.05, 0.1) is 22.6 Å². The van der Waals surface area contributed by atoms with E-state index >= 15 is 0 Å². The Morgan fingerprint density at radius 2 is 2.00 bits per heavy atom. The van der Waals surface area contributed by atoms with Gasteiger partial charge >= 0.3 is 0 Å². The second-order valence-electron chi connectivity index (χ2n) is 3.90. The summed E-state index contributed by atoms with van der Waals surface area (Å²) in [5.41, 5.74) is 0.178. The summed E-state index contributed by atoms with van der Waals surface area (Å²) >= 11 is 5.85. The van der Waals surface area contributed by atoms with Gasteiger partial charge in [-0.05, 0) is 23.8 Å². The largest absolute Gasteiger partial charge is 0.452 e. The van der Waals surface area contributed by atoms with Gasteiger partial charge in [-0.1, -0.05) is 17.7 Å². The Labute approximate surface area is 118 Å². The minimum absolute atomic E-state index is 0.0171. The molecular weight excluding hydrogens is 289 g/mol. The number of aliphatic hydroxyl groups is 1. The van der Waals surface area contributed by atoms with Crippen molar-refractivity contribution in [2.75, 3.05) is 0 Å². The van der Waals surface area contributed by atoms with Crippen LogP contribution in [0.5, 0.6) is 11.5 Å². The first-order chi connectivity index (χ1) is 9.51. The zero-order valence-corrected chi connectivity index (χ0v) is 10.8. The molecule has 0 spiro atoms. The number of ether oxygens (including phenoxy) is 1. The van der Waals surface area contributed by atoms with E-state index in [-0.39, 0.29) is 28.8 Å². The van der Waals surface area contributed by atoms with Crippen LogP contribution in [0.15, 0.2) is 36.4 Å². The van der Waals surface area contributed by atoms with Crippen LogP contribution >= 0.6 is 11.6 Å². The van der Waals surface area contributed by atoms with Crippen molar-refractivity contribution in [2.24, 2.45) is 0 Å². The zero-order chi connectivity index (χ0) is 14.7. The van der Waals surface area contributed by atoms with Crippen LogP contribution in [0, 0.1) is 15.9 Å². The van der Waals surface area contributed by atoms with Crippen molar-refractivity contribution < 1.29 is 19.2 Å². The number of hydrogen-bond acceptors (Lipinski definition) is 4. The summed E-state index contributed by atoms with van der Waals surface area (Å²) in [6.45, 7) is -0.297. The smallest absolute Gasteiger partial charge is 0.273 e. The van der Waals surface area contributed by atoms with Crippen molar-refractivity contribution in [3.05, 3.63) is 62.9 Å². The number of hydrogen-bond donors (Lipinski definition) is 1. The maximum Gasteiger partial charge on any atom is 0.273 e. The van der Waals surface area contributed by atoms with Crippen LogP contribution in [-0.4, -0.2) is 10.0 Å². The number of aliphatic hydroxyl groups excluding tert-OH is 1. The molecule has 0 heterocycles. The number of non-ortho nitro benzene ring substituents is 1. The summed E-state index contributed by atoms with van der Waals surface area (Å²) in [5, 5.41) is 19.7. The Bertz CT molecular complexity index is 663. The normalized spacial score (nSPS) is 10.3. The highest BCUT2D eigenvalue weighted by Crippen LogP contribution is 2.33. The lowest BCUT2D eigenvalue weighted by molar-refractivity contribution is -0.384. The molecule has 2 aromatic carbocycles. The zero-order valence-electron chi connectivity index (χ0n) is 10.0. The van der Waals surface area contributed by atoms with Crippen molar-refractivity contribution in [1.29, 1.82) is 0 Å². The molecule has 2 rings (SSSR count). The fourth-order valence-electron chi connectivity index (χ4n) is 1.53. The Morgan fingerprint density at radius 1 is 1.25 bits per heavy atom. The van der Waals surface area contributed by atoms with Crippen LogP contribution in [-0.2, 0) is 6.61 Å². The third kappa shape index (κ3) is 3.04. The molecule has 0 saturated carbocycles. The lowest BCUT2D eigenvalue weighted by Crippen LogP contribution is -1.93. The molecule has 0 unspecified atom stereocenters. The number of nitro groups is 1. The Hall–Kier alpha value is -2.18. The van der Waals surface area contributed by atoms with Gasteiger partial charge < -0.3 is 9.84 Å². The van der Waals surface area contributed by atoms with Crippen molar-refractivity contribution in [3.8, 4) is 11.5 Å². The highest BCUT2D eigenvalue weighted by atomic mass is 35.5. The number of benzene rings is 2. The number of halogens is 2. The van der Waals surface area contributed by atoms with Crippen molar-refractivity contribution in [3.63, 3.8) is 0 Å². The van der Waals surface area contributed by atoms with Gasteiger partial charge in [0.1, 0.15) is 0 Å². The first-order valence-electron chi connectivity index (χ1n) is 5.52. The molecule has 7 heteroatoms. The molecule has 2 aromatic rings. The second kappa shape index (κ2) is 5.85. The van der Waals surface area contributed by atoms with Gasteiger partial charge in [-0.25, -0.2) is 4.39 Å². The summed E-state index contributed by atoms with van der Waals surface area (Å²) < 4.78 is 18.9. The molecule has 0 atom stereocenters. The maximum atomic E-state index is 13.7. The number of rotatable bonds is 4. The Balaban J connectivity index is 2.34. The van der Waals surface area contributed by atoms with Crippen LogP contribution in [0.25, 0.3) is 0 Å². The third-order valence-corrected chi connectivity index (χ3v) is 2.84. The van der Waals surface area contributed by atoms with Crippen molar-refractivity contribution >= 4 is 17.3 Å². The number of nitro benzene ring substituents is 1. The molecule has 0 aliphatic rings. The van der Waals surface area contributed by atoms with Crippen LogP contribution in [0.3, 0.4) is 0 Å². The molecule has 20 heavy (non-hydrogen) atoms. The van der Waals surface area contributed by atoms with Crippen LogP contribution in [0.1, 0.15) is 5.56 Å². The molecule has 0 aliphatic heterocycles. The van der Waals surface area contributed by atoms with Crippen molar-refractivity contribution in [2.45, 2.75) is 6.61 Å².